The molecule has 0 heterocycles. The van der Waals surface area contributed by atoms with Crippen molar-refractivity contribution >= 4 is 8.25 Å². The van der Waals surface area contributed by atoms with Gasteiger partial charge >= 0.3 is 74.5 Å². The zero-order valence-corrected chi connectivity index (χ0v) is 12.6. The van der Waals surface area contributed by atoms with Crippen molar-refractivity contribution in [1.82, 2.24) is 0 Å². The second kappa shape index (κ2) is 9.23. The molecule has 2 heteroatoms. The van der Waals surface area contributed by atoms with Gasteiger partial charge in [-0.25, -0.2) is 0 Å². The van der Waals surface area contributed by atoms with E-state index in [2.05, 4.69) is 6.92 Å². The summed E-state index contributed by atoms with van der Waals surface area (Å²) in [5, 5.41) is 0. The summed E-state index contributed by atoms with van der Waals surface area (Å²) in [6.07, 6.45) is 7.05. The van der Waals surface area contributed by atoms with Crippen molar-refractivity contribution in [2.75, 3.05) is 0 Å². The Hall–Kier alpha value is 1.23. The summed E-state index contributed by atoms with van der Waals surface area (Å²) >= 11 is -0.741. The van der Waals surface area contributed by atoms with Gasteiger partial charge in [0.2, 0.25) is 0 Å². The van der Waals surface area contributed by atoms with E-state index in [4.69, 9.17) is 8.25 Å². The molecule has 0 saturated carbocycles. The van der Waals surface area contributed by atoms with E-state index in [0.717, 1.165) is 0 Å². The predicted molar refractivity (Wildman–Crippen MR) is 39.4 cm³/mol. The summed E-state index contributed by atoms with van der Waals surface area (Å²) in [7, 11) is 5.74. The van der Waals surface area contributed by atoms with E-state index >= 15 is 0 Å². The molecule has 0 aliphatic carbocycles. The molecule has 0 spiro atoms. The van der Waals surface area contributed by atoms with Gasteiger partial charge in [0, 0.05) is 0 Å². The second-order valence-corrected chi connectivity index (χ2v) is 9.99. The third-order valence-corrected chi connectivity index (χ3v) is 6.82. The fourth-order valence-corrected chi connectivity index (χ4v) is 4.64. The van der Waals surface area contributed by atoms with Crippen LogP contribution in [0.2, 0.25) is 3.93 Å². The van der Waals surface area contributed by atoms with Gasteiger partial charge in [-0.3, -0.25) is 0 Å². The van der Waals surface area contributed by atoms with E-state index in [0.29, 0.717) is 0 Å². The maximum atomic E-state index is 5.74. The molecule has 0 atom stereocenters. The quantitative estimate of drug-likeness (QED) is 0.514. The normalized spacial score (nSPS) is 9.11. The van der Waals surface area contributed by atoms with Gasteiger partial charge in [0.1, 0.15) is 0 Å². The van der Waals surface area contributed by atoms with Crippen LogP contribution in [0, 0.1) is 0 Å². The molecule has 0 radical (unpaired) electrons. The van der Waals surface area contributed by atoms with Crippen LogP contribution in [0.5, 0.6) is 0 Å². The summed E-state index contributed by atoms with van der Waals surface area (Å²) in [5.41, 5.74) is 0. The average Bonchev–Trinajstić information content (AvgIpc) is 1.89. The first-order chi connectivity index (χ1) is 4.41. The Kier molecular flexibility index (Phi) is 10.5. The molecule has 0 aliphatic heterocycles. The minimum atomic E-state index is -0.741. The first kappa shape index (κ1) is 10.2. The topological polar surface area (TPSA) is 0 Å². The van der Waals surface area contributed by atoms with Crippen LogP contribution in [-0.2, 0) is 23.3 Å². The van der Waals surface area contributed by atoms with Gasteiger partial charge in [0.25, 0.3) is 0 Å². The zero-order chi connectivity index (χ0) is 6.95. The fraction of sp³-hybridized carbons (Fsp3) is 1.00. The Bertz CT molecular complexity index is 42.2. The molecule has 0 aromatic carbocycles. The second-order valence-electron chi connectivity index (χ2n) is 2.46. The van der Waals surface area contributed by atoms with Gasteiger partial charge in [-0.05, 0) is 0 Å². The van der Waals surface area contributed by atoms with Crippen molar-refractivity contribution in [3.05, 3.63) is 0 Å². The number of hydrogen-bond acceptors (Lipinski definition) is 0. The molecule has 0 aromatic rings. The molecule has 9 heavy (non-hydrogen) atoms. The Morgan fingerprint density at radius 1 is 1.11 bits per heavy atom. The van der Waals surface area contributed by atoms with Crippen LogP contribution in [0.15, 0.2) is 0 Å². The van der Waals surface area contributed by atoms with Crippen molar-refractivity contribution in [2.24, 2.45) is 0 Å². The van der Waals surface area contributed by atoms with Crippen LogP contribution < -0.4 is 0 Å². The number of unbranched alkanes of at least 4 members (excludes halogenated alkanes) is 4. The SMILES string of the molecule is CCCCCC[CH2][Hg][Cl]. The van der Waals surface area contributed by atoms with E-state index in [-0.39, 0.29) is 0 Å². The Morgan fingerprint density at radius 3 is 2.33 bits per heavy atom. The van der Waals surface area contributed by atoms with Crippen molar-refractivity contribution in [3.8, 4) is 0 Å². The van der Waals surface area contributed by atoms with E-state index < -0.39 is 23.3 Å². The molecule has 0 rings (SSSR count). The van der Waals surface area contributed by atoms with Gasteiger partial charge in [-0.2, -0.15) is 0 Å². The van der Waals surface area contributed by atoms with Crippen molar-refractivity contribution in [3.63, 3.8) is 0 Å². The van der Waals surface area contributed by atoms with Gasteiger partial charge in [-0.15, -0.1) is 0 Å². The standard InChI is InChI=1S/C7H15.ClH.Hg/c1-3-5-7-6-4-2;;/h1,3-7H2,2H3;1H;/q;;+1/p-1. The van der Waals surface area contributed by atoms with Crippen molar-refractivity contribution < 1.29 is 23.3 Å². The zero-order valence-electron chi connectivity index (χ0n) is 6.33. The Morgan fingerprint density at radius 2 is 1.78 bits per heavy atom. The Balaban J connectivity index is 2.60. The molecule has 0 nitrogen and oxygen atoms in total. The predicted octanol–water partition coefficient (Wildman–Crippen LogP) is 3.61. The van der Waals surface area contributed by atoms with Crippen LogP contribution >= 0.6 is 8.25 Å². The molecular formula is C7H15ClHg. The van der Waals surface area contributed by atoms with Gasteiger partial charge in [0.05, 0.1) is 0 Å². The molecule has 52 valence electrons. The number of hydrogen-bond donors (Lipinski definition) is 0. The van der Waals surface area contributed by atoms with E-state index in [1.54, 1.807) is 0 Å². The molecule has 0 amide bonds. The molecule has 0 aliphatic rings. The molecule has 0 bridgehead atoms. The summed E-state index contributed by atoms with van der Waals surface area (Å²) in [6.45, 7) is 2.25. The van der Waals surface area contributed by atoms with E-state index in [1.807, 2.05) is 0 Å². The maximum absolute atomic E-state index is 5.74. The molecule has 0 unspecified atom stereocenters. The minimum absolute atomic E-state index is 0.741. The van der Waals surface area contributed by atoms with Crippen molar-refractivity contribution in [2.45, 2.75) is 43.0 Å². The monoisotopic (exact) mass is 336 g/mol. The average molecular weight is 335 g/mol. The van der Waals surface area contributed by atoms with Crippen LogP contribution in [0.1, 0.15) is 39.0 Å². The van der Waals surface area contributed by atoms with Crippen LogP contribution in [-0.4, -0.2) is 0 Å². The van der Waals surface area contributed by atoms with E-state index in [1.165, 1.54) is 36.0 Å². The molecule has 0 saturated heterocycles. The third-order valence-electron chi connectivity index (χ3n) is 1.49. The van der Waals surface area contributed by atoms with Gasteiger partial charge in [0.15, 0.2) is 0 Å². The summed E-state index contributed by atoms with van der Waals surface area (Å²) in [4.78, 5) is 0. The number of rotatable bonds is 6. The molecule has 0 fully saturated rings. The third kappa shape index (κ3) is 9.23. The molecule has 0 aromatic heterocycles. The van der Waals surface area contributed by atoms with Crippen LogP contribution in [0.4, 0.5) is 0 Å². The Labute approximate surface area is 74.2 Å². The summed E-state index contributed by atoms with van der Waals surface area (Å²) in [5.74, 6) is 0. The first-order valence-electron chi connectivity index (χ1n) is 3.97. The number of halogens is 1. The van der Waals surface area contributed by atoms with E-state index in [9.17, 15) is 0 Å². The summed E-state index contributed by atoms with van der Waals surface area (Å²) in [6, 6.07) is 0. The summed E-state index contributed by atoms with van der Waals surface area (Å²) < 4.78 is 1.42. The molecule has 0 N–H and O–H groups in total. The molecular weight excluding hydrogens is 320 g/mol. The van der Waals surface area contributed by atoms with Gasteiger partial charge in [-0.1, -0.05) is 0 Å². The van der Waals surface area contributed by atoms with Crippen LogP contribution in [0.25, 0.3) is 0 Å². The van der Waals surface area contributed by atoms with Crippen molar-refractivity contribution in [1.29, 1.82) is 0 Å². The van der Waals surface area contributed by atoms with Crippen LogP contribution in [0.3, 0.4) is 0 Å². The first-order valence-corrected chi connectivity index (χ1v) is 14.6. The fourth-order valence-electron chi connectivity index (χ4n) is 0.875. The van der Waals surface area contributed by atoms with Gasteiger partial charge < -0.3 is 0 Å².